The Balaban J connectivity index is 1.69. The highest BCUT2D eigenvalue weighted by Gasteiger charge is 2.19. The molecule has 0 spiro atoms. The molecule has 0 aliphatic rings. The van der Waals surface area contributed by atoms with Crippen LogP contribution in [0.25, 0.3) is 22.4 Å². The molecule has 0 saturated heterocycles. The Bertz CT molecular complexity index is 1510. The number of fused-ring (bicyclic) bond motifs is 3. The molecule has 0 saturated carbocycles. The Morgan fingerprint density at radius 1 is 1.09 bits per heavy atom. The summed E-state index contributed by atoms with van der Waals surface area (Å²) in [6.07, 6.45) is 0. The molecule has 3 aromatic heterocycles. The average Bonchev–Trinajstić information content (AvgIpc) is 3.42. The molecule has 0 amide bonds. The van der Waals surface area contributed by atoms with Gasteiger partial charge in [0.15, 0.2) is 5.16 Å². The lowest BCUT2D eigenvalue weighted by molar-refractivity contribution is 0.846. The van der Waals surface area contributed by atoms with Crippen LogP contribution in [0, 0.1) is 13.8 Å². The van der Waals surface area contributed by atoms with Gasteiger partial charge in [-0.2, -0.15) is 0 Å². The molecule has 6 nitrogen and oxygen atoms in total. The van der Waals surface area contributed by atoms with Crippen LogP contribution in [0.15, 0.2) is 57.8 Å². The van der Waals surface area contributed by atoms with Gasteiger partial charge in [-0.3, -0.25) is 9.20 Å². The summed E-state index contributed by atoms with van der Waals surface area (Å²) in [7, 11) is 0. The summed E-state index contributed by atoms with van der Waals surface area (Å²) in [5, 5.41) is 13.6. The van der Waals surface area contributed by atoms with Gasteiger partial charge >= 0.3 is 0 Å². The number of aryl methyl sites for hydroxylation is 2. The minimum absolute atomic E-state index is 0.0909. The molecule has 0 atom stereocenters. The van der Waals surface area contributed by atoms with Crippen LogP contribution in [0.4, 0.5) is 0 Å². The third-order valence-corrected chi connectivity index (χ3v) is 7.57. The first-order valence-corrected chi connectivity index (χ1v) is 12.3. The zero-order valence-corrected chi connectivity index (χ0v) is 20.0. The lowest BCUT2D eigenvalue weighted by atomic mass is 10.1. The SMILES string of the molecule is Cc1ccc(C)c(-n2c(=O)c3ccccc3n3c(SCc4csc(C(C)C)n4)nnc23)c1. The van der Waals surface area contributed by atoms with Crippen molar-refractivity contribution in [3.63, 3.8) is 0 Å². The number of rotatable bonds is 5. The quantitative estimate of drug-likeness (QED) is 0.322. The van der Waals surface area contributed by atoms with Crippen molar-refractivity contribution in [1.29, 1.82) is 0 Å². The lowest BCUT2D eigenvalue weighted by Gasteiger charge is -2.13. The van der Waals surface area contributed by atoms with Gasteiger partial charge in [0.05, 0.1) is 27.3 Å². The van der Waals surface area contributed by atoms with Crippen LogP contribution in [0.1, 0.15) is 41.6 Å². The summed E-state index contributed by atoms with van der Waals surface area (Å²) >= 11 is 3.28. The van der Waals surface area contributed by atoms with Gasteiger partial charge in [-0.1, -0.05) is 49.9 Å². The number of para-hydroxylation sites is 1. The van der Waals surface area contributed by atoms with Gasteiger partial charge < -0.3 is 0 Å². The van der Waals surface area contributed by atoms with Crippen molar-refractivity contribution in [3.05, 3.63) is 80.0 Å². The molecule has 0 aliphatic heterocycles. The predicted molar refractivity (Wildman–Crippen MR) is 131 cm³/mol. The third kappa shape index (κ3) is 3.53. The maximum absolute atomic E-state index is 13.5. The van der Waals surface area contributed by atoms with Crippen molar-refractivity contribution >= 4 is 39.8 Å². The van der Waals surface area contributed by atoms with E-state index < -0.39 is 0 Å². The fraction of sp³-hybridized carbons (Fsp3) is 0.250. The summed E-state index contributed by atoms with van der Waals surface area (Å²) in [6.45, 7) is 8.34. The molecular weight excluding hydrogens is 438 g/mol. The smallest absolute Gasteiger partial charge is 0.267 e. The van der Waals surface area contributed by atoms with E-state index in [9.17, 15) is 4.79 Å². The van der Waals surface area contributed by atoms with E-state index >= 15 is 0 Å². The first kappa shape index (κ1) is 20.9. The second-order valence-electron chi connectivity index (χ2n) is 8.19. The summed E-state index contributed by atoms with van der Waals surface area (Å²) in [6, 6.07) is 13.7. The number of thioether (sulfide) groups is 1. The first-order chi connectivity index (χ1) is 15.4. The van der Waals surface area contributed by atoms with Gasteiger partial charge in [0.2, 0.25) is 5.78 Å². The molecule has 0 bridgehead atoms. The molecule has 162 valence electrons. The van der Waals surface area contributed by atoms with E-state index in [0.29, 0.717) is 22.8 Å². The minimum atomic E-state index is -0.0909. The van der Waals surface area contributed by atoms with Crippen molar-refractivity contribution in [3.8, 4) is 5.69 Å². The molecule has 0 aliphatic carbocycles. The van der Waals surface area contributed by atoms with Gasteiger partial charge in [0, 0.05) is 17.1 Å². The number of nitrogens with zero attached hydrogens (tertiary/aromatic N) is 5. The molecule has 5 rings (SSSR count). The molecule has 5 aromatic rings. The van der Waals surface area contributed by atoms with Crippen LogP contribution in [0.2, 0.25) is 0 Å². The molecular formula is C24H23N5OS2. The number of hydrogen-bond donors (Lipinski definition) is 0. The van der Waals surface area contributed by atoms with E-state index in [1.54, 1.807) is 27.7 Å². The van der Waals surface area contributed by atoms with Crippen LogP contribution in [0.3, 0.4) is 0 Å². The van der Waals surface area contributed by atoms with Crippen molar-refractivity contribution in [2.45, 2.75) is 44.5 Å². The molecule has 0 fully saturated rings. The van der Waals surface area contributed by atoms with Gasteiger partial charge in [0.25, 0.3) is 5.56 Å². The van der Waals surface area contributed by atoms with Gasteiger partial charge in [-0.25, -0.2) is 9.55 Å². The molecule has 32 heavy (non-hydrogen) atoms. The Labute approximate surface area is 194 Å². The van der Waals surface area contributed by atoms with Crippen LogP contribution in [-0.4, -0.2) is 24.1 Å². The van der Waals surface area contributed by atoms with E-state index in [2.05, 4.69) is 29.4 Å². The Hall–Kier alpha value is -2.97. The van der Waals surface area contributed by atoms with E-state index in [4.69, 9.17) is 4.98 Å². The van der Waals surface area contributed by atoms with Gasteiger partial charge in [0.1, 0.15) is 0 Å². The number of benzene rings is 2. The van der Waals surface area contributed by atoms with Gasteiger partial charge in [-0.15, -0.1) is 21.5 Å². The zero-order valence-electron chi connectivity index (χ0n) is 18.4. The normalized spacial score (nSPS) is 11.8. The fourth-order valence-corrected chi connectivity index (χ4v) is 5.52. The second kappa shape index (κ2) is 8.18. The predicted octanol–water partition coefficient (Wildman–Crippen LogP) is 5.52. The highest BCUT2D eigenvalue weighted by Crippen LogP contribution is 2.28. The molecule has 0 unspecified atom stereocenters. The molecule has 2 aromatic carbocycles. The van der Waals surface area contributed by atoms with Crippen molar-refractivity contribution in [2.75, 3.05) is 0 Å². The Morgan fingerprint density at radius 2 is 1.91 bits per heavy atom. The first-order valence-electron chi connectivity index (χ1n) is 10.5. The minimum Gasteiger partial charge on any atom is -0.268 e. The Kier molecular flexibility index (Phi) is 5.35. The monoisotopic (exact) mass is 461 g/mol. The molecule has 0 radical (unpaired) electrons. The fourth-order valence-electron chi connectivity index (χ4n) is 3.74. The van der Waals surface area contributed by atoms with Crippen LogP contribution in [0.5, 0.6) is 0 Å². The van der Waals surface area contributed by atoms with Crippen molar-refractivity contribution < 1.29 is 0 Å². The average molecular weight is 462 g/mol. The molecule has 8 heteroatoms. The van der Waals surface area contributed by atoms with E-state index in [1.807, 2.05) is 60.7 Å². The zero-order chi connectivity index (χ0) is 22.4. The summed E-state index contributed by atoms with van der Waals surface area (Å²) in [4.78, 5) is 18.3. The van der Waals surface area contributed by atoms with Gasteiger partial charge in [-0.05, 0) is 43.2 Å². The highest BCUT2D eigenvalue weighted by atomic mass is 32.2. The van der Waals surface area contributed by atoms with Crippen molar-refractivity contribution in [1.82, 2.24) is 24.1 Å². The summed E-state index contributed by atoms with van der Waals surface area (Å²) < 4.78 is 3.67. The third-order valence-electron chi connectivity index (χ3n) is 5.41. The summed E-state index contributed by atoms with van der Waals surface area (Å²) in [5.74, 6) is 1.63. The number of hydrogen-bond acceptors (Lipinski definition) is 6. The lowest BCUT2D eigenvalue weighted by Crippen LogP contribution is -2.22. The highest BCUT2D eigenvalue weighted by molar-refractivity contribution is 7.98. The number of thiazole rings is 1. The maximum Gasteiger partial charge on any atom is 0.267 e. The topological polar surface area (TPSA) is 65.1 Å². The summed E-state index contributed by atoms with van der Waals surface area (Å²) in [5.41, 5.74) is 4.68. The molecule has 0 N–H and O–H groups in total. The van der Waals surface area contributed by atoms with Crippen LogP contribution >= 0.6 is 23.1 Å². The van der Waals surface area contributed by atoms with Crippen LogP contribution < -0.4 is 5.56 Å². The van der Waals surface area contributed by atoms with E-state index in [1.165, 1.54) is 0 Å². The van der Waals surface area contributed by atoms with E-state index in [-0.39, 0.29) is 5.56 Å². The molecule has 3 heterocycles. The van der Waals surface area contributed by atoms with E-state index in [0.717, 1.165) is 38.2 Å². The Morgan fingerprint density at radius 3 is 2.69 bits per heavy atom. The number of aromatic nitrogens is 5. The maximum atomic E-state index is 13.5. The largest absolute Gasteiger partial charge is 0.268 e. The standard InChI is InChI=1S/C24H23N5OS2/c1-14(2)21-25-17(12-31-21)13-32-24-27-26-23-28(20-11-15(3)9-10-16(20)4)22(30)18-7-5-6-8-19(18)29(23)24/h5-12,14H,13H2,1-4H3. The van der Waals surface area contributed by atoms with Crippen LogP contribution in [-0.2, 0) is 5.75 Å². The van der Waals surface area contributed by atoms with Crippen molar-refractivity contribution in [2.24, 2.45) is 0 Å². The second-order valence-corrected chi connectivity index (χ2v) is 10.0.